The van der Waals surface area contributed by atoms with Gasteiger partial charge in [0.15, 0.2) is 0 Å². The zero-order valence-corrected chi connectivity index (χ0v) is 19.8. The van der Waals surface area contributed by atoms with Crippen LogP contribution < -0.4 is 4.90 Å². The Morgan fingerprint density at radius 1 is 1.09 bits per heavy atom. The number of anilines is 1. The summed E-state index contributed by atoms with van der Waals surface area (Å²) in [4.78, 5) is 29.5. The number of benzene rings is 2. The number of thioether (sulfide) groups is 1. The molecule has 0 unspecified atom stereocenters. The van der Waals surface area contributed by atoms with Gasteiger partial charge in [0.05, 0.1) is 17.0 Å². The number of nitrogens with zero attached hydrogens (tertiary/aromatic N) is 2. The summed E-state index contributed by atoms with van der Waals surface area (Å²) in [6.07, 6.45) is 4.09. The summed E-state index contributed by atoms with van der Waals surface area (Å²) in [7, 11) is 0. The summed E-state index contributed by atoms with van der Waals surface area (Å²) in [6.45, 7) is 11.7. The molecule has 0 radical (unpaired) electrons. The van der Waals surface area contributed by atoms with Crippen LogP contribution in [0.4, 0.5) is 14.9 Å². The van der Waals surface area contributed by atoms with Crippen molar-refractivity contribution >= 4 is 40.2 Å². The summed E-state index contributed by atoms with van der Waals surface area (Å²) in [6, 6.07) is 10.1. The van der Waals surface area contributed by atoms with E-state index in [1.54, 1.807) is 12.1 Å². The van der Waals surface area contributed by atoms with Crippen molar-refractivity contribution < 1.29 is 14.0 Å². The number of carbonyl (C=O) groups is 2. The fraction of sp³-hybridized carbons (Fsp3) is 0.308. The van der Waals surface area contributed by atoms with Crippen LogP contribution in [-0.2, 0) is 11.3 Å². The molecule has 0 saturated carbocycles. The third-order valence-electron chi connectivity index (χ3n) is 6.10. The fourth-order valence-electron chi connectivity index (χ4n) is 4.53. The predicted molar refractivity (Wildman–Crippen MR) is 130 cm³/mol. The summed E-state index contributed by atoms with van der Waals surface area (Å²) in [5.74, 6) is -0.662. The van der Waals surface area contributed by atoms with Crippen LogP contribution in [0.25, 0.3) is 11.6 Å². The number of aryl methyl sites for hydroxylation is 1. The number of amides is 2. The molecule has 0 atom stereocenters. The predicted octanol–water partition coefficient (Wildman–Crippen LogP) is 6.39. The van der Waals surface area contributed by atoms with E-state index in [0.29, 0.717) is 10.5 Å². The van der Waals surface area contributed by atoms with E-state index in [9.17, 15) is 14.0 Å². The molecule has 2 aliphatic heterocycles. The Kier molecular flexibility index (Phi) is 5.76. The first-order chi connectivity index (χ1) is 15.1. The number of likely N-dealkylation sites (N-methyl/N-ethyl adjacent to an activating group) is 1. The number of imide groups is 1. The Morgan fingerprint density at radius 2 is 1.78 bits per heavy atom. The largest absolute Gasteiger partial charge is 0.363 e. The van der Waals surface area contributed by atoms with Crippen molar-refractivity contribution in [2.45, 2.75) is 46.7 Å². The average Bonchev–Trinajstić information content (AvgIpc) is 2.98. The van der Waals surface area contributed by atoms with Crippen molar-refractivity contribution in [2.75, 3.05) is 11.4 Å². The highest BCUT2D eigenvalue weighted by Crippen LogP contribution is 2.41. The molecule has 2 heterocycles. The Hall–Kier alpha value is -2.86. The van der Waals surface area contributed by atoms with Crippen LogP contribution in [0.1, 0.15) is 49.9 Å². The lowest BCUT2D eigenvalue weighted by Crippen LogP contribution is -2.44. The van der Waals surface area contributed by atoms with Crippen molar-refractivity contribution in [3.8, 4) is 0 Å². The molecular formula is C26H27FN2O2S. The number of hydrogen-bond acceptors (Lipinski definition) is 4. The number of carbonyl (C=O) groups excluding carboxylic acids is 2. The zero-order valence-electron chi connectivity index (χ0n) is 19.0. The molecule has 2 aliphatic rings. The van der Waals surface area contributed by atoms with Gasteiger partial charge in [0.2, 0.25) is 0 Å². The van der Waals surface area contributed by atoms with Crippen LogP contribution >= 0.6 is 11.8 Å². The average molecular weight is 451 g/mol. The molecule has 1 saturated heterocycles. The molecule has 0 aliphatic carbocycles. The first-order valence-corrected chi connectivity index (χ1v) is 11.5. The minimum Gasteiger partial charge on any atom is -0.363 e. The molecule has 0 spiro atoms. The molecule has 4 nitrogen and oxygen atoms in total. The van der Waals surface area contributed by atoms with Gasteiger partial charge < -0.3 is 4.90 Å². The third-order valence-corrected chi connectivity index (χ3v) is 7.00. The van der Waals surface area contributed by atoms with E-state index in [2.05, 4.69) is 50.8 Å². The van der Waals surface area contributed by atoms with Gasteiger partial charge in [0, 0.05) is 17.8 Å². The standard InChI is InChI=1S/C26H27FN2O2S/c1-6-29-22-11-16(2)19(12-21(22)17(3)14-26(29,4)5)13-23-24(30)28(25(31)32-23)15-18-7-9-20(27)10-8-18/h7-14H,6,15H2,1-5H3/b23-13+. The number of halogens is 1. The van der Waals surface area contributed by atoms with Gasteiger partial charge in [0.1, 0.15) is 5.82 Å². The van der Waals surface area contributed by atoms with Crippen LogP contribution in [0.2, 0.25) is 0 Å². The topological polar surface area (TPSA) is 40.6 Å². The van der Waals surface area contributed by atoms with E-state index in [4.69, 9.17) is 0 Å². The molecule has 2 aromatic rings. The van der Waals surface area contributed by atoms with Crippen molar-refractivity contribution in [1.29, 1.82) is 0 Å². The molecule has 0 aromatic heterocycles. The Labute approximate surface area is 192 Å². The highest BCUT2D eigenvalue weighted by Gasteiger charge is 2.35. The lowest BCUT2D eigenvalue weighted by molar-refractivity contribution is -0.123. The minimum atomic E-state index is -0.347. The lowest BCUT2D eigenvalue weighted by atomic mass is 9.87. The first-order valence-electron chi connectivity index (χ1n) is 10.7. The third kappa shape index (κ3) is 3.99. The van der Waals surface area contributed by atoms with Crippen LogP contribution in [-0.4, -0.2) is 28.1 Å². The van der Waals surface area contributed by atoms with E-state index in [-0.39, 0.29) is 29.0 Å². The van der Waals surface area contributed by atoms with Gasteiger partial charge >= 0.3 is 0 Å². The van der Waals surface area contributed by atoms with Crippen molar-refractivity contribution in [2.24, 2.45) is 0 Å². The van der Waals surface area contributed by atoms with E-state index in [0.717, 1.165) is 35.0 Å². The molecule has 0 bridgehead atoms. The fourth-order valence-corrected chi connectivity index (χ4v) is 5.36. The second kappa shape index (κ2) is 8.24. The number of allylic oxidation sites excluding steroid dienone is 1. The highest BCUT2D eigenvalue weighted by molar-refractivity contribution is 8.18. The number of hydrogen-bond donors (Lipinski definition) is 0. The molecular weight excluding hydrogens is 423 g/mol. The van der Waals surface area contributed by atoms with Gasteiger partial charge in [-0.25, -0.2) is 4.39 Å². The van der Waals surface area contributed by atoms with Gasteiger partial charge in [-0.2, -0.15) is 0 Å². The number of rotatable bonds is 4. The summed E-state index contributed by atoms with van der Waals surface area (Å²) in [5.41, 5.74) is 6.17. The minimum absolute atomic E-state index is 0.0667. The first kappa shape index (κ1) is 22.3. The monoisotopic (exact) mass is 450 g/mol. The Morgan fingerprint density at radius 3 is 2.44 bits per heavy atom. The van der Waals surface area contributed by atoms with Gasteiger partial charge in [-0.1, -0.05) is 18.2 Å². The maximum Gasteiger partial charge on any atom is 0.293 e. The second-order valence-electron chi connectivity index (χ2n) is 8.85. The van der Waals surface area contributed by atoms with E-state index in [1.165, 1.54) is 28.3 Å². The van der Waals surface area contributed by atoms with Gasteiger partial charge in [-0.3, -0.25) is 14.5 Å². The normalized spacial score (nSPS) is 18.9. The molecule has 4 rings (SSSR count). The summed E-state index contributed by atoms with van der Waals surface area (Å²) < 4.78 is 13.2. The second-order valence-corrected chi connectivity index (χ2v) is 9.84. The van der Waals surface area contributed by atoms with E-state index >= 15 is 0 Å². The summed E-state index contributed by atoms with van der Waals surface area (Å²) >= 11 is 0.950. The highest BCUT2D eigenvalue weighted by atomic mass is 32.2. The maximum atomic E-state index is 13.2. The van der Waals surface area contributed by atoms with Gasteiger partial charge in [-0.15, -0.1) is 0 Å². The van der Waals surface area contributed by atoms with Crippen molar-refractivity contribution in [3.63, 3.8) is 0 Å². The van der Waals surface area contributed by atoms with Crippen LogP contribution in [0.15, 0.2) is 47.4 Å². The molecule has 2 amide bonds. The maximum absolute atomic E-state index is 13.2. The Bertz CT molecular complexity index is 1170. The lowest BCUT2D eigenvalue weighted by Gasteiger charge is -2.43. The molecule has 6 heteroatoms. The van der Waals surface area contributed by atoms with E-state index in [1.807, 2.05) is 13.0 Å². The van der Waals surface area contributed by atoms with Crippen LogP contribution in [0.5, 0.6) is 0 Å². The van der Waals surface area contributed by atoms with Crippen molar-refractivity contribution in [3.05, 3.63) is 75.5 Å². The van der Waals surface area contributed by atoms with Crippen LogP contribution in [0.3, 0.4) is 0 Å². The summed E-state index contributed by atoms with van der Waals surface area (Å²) in [5, 5.41) is -0.309. The van der Waals surface area contributed by atoms with Crippen LogP contribution in [0, 0.1) is 12.7 Å². The van der Waals surface area contributed by atoms with Crippen molar-refractivity contribution in [1.82, 2.24) is 4.90 Å². The quantitative estimate of drug-likeness (QED) is 0.506. The smallest absolute Gasteiger partial charge is 0.293 e. The molecule has 1 fully saturated rings. The van der Waals surface area contributed by atoms with Gasteiger partial charge in [-0.05, 0) is 99.0 Å². The van der Waals surface area contributed by atoms with Gasteiger partial charge in [0.25, 0.3) is 11.1 Å². The molecule has 0 N–H and O–H groups in total. The molecule has 166 valence electrons. The zero-order chi connectivity index (χ0) is 23.2. The Balaban J connectivity index is 1.66. The molecule has 32 heavy (non-hydrogen) atoms. The SMILES string of the molecule is CCN1c2cc(C)c(/C=C3/SC(=O)N(Cc4ccc(F)cc4)C3=O)cc2C(C)=CC1(C)C. The van der Waals surface area contributed by atoms with E-state index < -0.39 is 0 Å². The number of fused-ring (bicyclic) bond motifs is 1. The molecule has 2 aromatic carbocycles.